The van der Waals surface area contributed by atoms with Crippen molar-refractivity contribution in [2.45, 2.75) is 18.3 Å². The number of carboxylic acids is 1. The highest BCUT2D eigenvalue weighted by atomic mass is 32.1. The first-order chi connectivity index (χ1) is 8.75. The summed E-state index contributed by atoms with van der Waals surface area (Å²) in [6.07, 6.45) is -4.70. The number of halogens is 4. The Morgan fingerprint density at radius 3 is 2.21 bits per heavy atom. The van der Waals surface area contributed by atoms with E-state index in [-0.39, 0.29) is 11.3 Å². The molecule has 0 radical (unpaired) electrons. The quantitative estimate of drug-likeness (QED) is 0.578. The van der Waals surface area contributed by atoms with E-state index in [1.807, 2.05) is 5.32 Å². The van der Waals surface area contributed by atoms with Crippen molar-refractivity contribution < 1.29 is 27.5 Å². The van der Waals surface area contributed by atoms with Crippen LogP contribution in [0.15, 0.2) is 24.3 Å². The normalized spacial score (nSPS) is 15.0. The van der Waals surface area contributed by atoms with Crippen molar-refractivity contribution in [2.75, 3.05) is 5.75 Å². The zero-order valence-corrected chi connectivity index (χ0v) is 10.4. The second-order valence-electron chi connectivity index (χ2n) is 3.77. The minimum atomic E-state index is -4.70. The Bertz CT molecular complexity index is 435. The van der Waals surface area contributed by atoms with Gasteiger partial charge in [-0.25, -0.2) is 4.39 Å². The lowest BCUT2D eigenvalue weighted by Gasteiger charge is -2.25. The molecule has 0 aromatic heterocycles. The number of thiol groups is 1. The Morgan fingerprint density at radius 2 is 1.84 bits per heavy atom. The molecule has 19 heavy (non-hydrogen) atoms. The number of carboxylic acid groups (broad SMARTS) is 1. The first kappa shape index (κ1) is 15.8. The zero-order chi connectivity index (χ0) is 14.6. The smallest absolute Gasteiger partial charge is 0.407 e. The van der Waals surface area contributed by atoms with Crippen molar-refractivity contribution in [1.82, 2.24) is 5.32 Å². The lowest BCUT2D eigenvalue weighted by molar-refractivity contribution is -0.162. The van der Waals surface area contributed by atoms with Crippen molar-refractivity contribution >= 4 is 18.6 Å². The number of hydrogen-bond acceptors (Lipinski definition) is 3. The molecule has 0 saturated carbocycles. The van der Waals surface area contributed by atoms with Crippen molar-refractivity contribution in [3.05, 3.63) is 35.6 Å². The average molecular weight is 297 g/mol. The maximum atomic E-state index is 12.9. The summed E-state index contributed by atoms with van der Waals surface area (Å²) in [5.74, 6) is -2.41. The Labute approximate surface area is 112 Å². The first-order valence-electron chi connectivity index (χ1n) is 5.17. The maximum absolute atomic E-state index is 12.9. The van der Waals surface area contributed by atoms with Gasteiger partial charge < -0.3 is 5.11 Å². The number of hydrogen-bond donors (Lipinski definition) is 3. The summed E-state index contributed by atoms with van der Waals surface area (Å²) in [5, 5.41) is 10.7. The van der Waals surface area contributed by atoms with Crippen LogP contribution in [-0.4, -0.2) is 29.0 Å². The van der Waals surface area contributed by atoms with Gasteiger partial charge in [0.25, 0.3) is 0 Å². The molecule has 1 unspecified atom stereocenters. The van der Waals surface area contributed by atoms with Crippen LogP contribution in [0, 0.1) is 5.82 Å². The average Bonchev–Trinajstić information content (AvgIpc) is 2.30. The van der Waals surface area contributed by atoms with Gasteiger partial charge in [-0.1, -0.05) is 12.1 Å². The van der Waals surface area contributed by atoms with E-state index in [4.69, 9.17) is 5.11 Å². The van der Waals surface area contributed by atoms with E-state index < -0.39 is 30.0 Å². The Balaban J connectivity index is 3.02. The molecule has 0 bridgehead atoms. The number of alkyl halides is 3. The van der Waals surface area contributed by atoms with Crippen molar-refractivity contribution in [3.8, 4) is 0 Å². The largest absolute Gasteiger partial charge is 0.480 e. The highest BCUT2D eigenvalue weighted by molar-refractivity contribution is 7.80. The summed E-state index contributed by atoms with van der Waals surface area (Å²) in [6.45, 7) is 0. The molecule has 0 aliphatic rings. The van der Waals surface area contributed by atoms with Crippen LogP contribution in [0.1, 0.15) is 11.6 Å². The lowest BCUT2D eigenvalue weighted by atomic mass is 10.1. The standard InChI is InChI=1S/C11H11F4NO2S/c12-7-3-1-6(2-4-7)9(11(13,14)15)16-8(5-19)10(17)18/h1-4,8-9,16,19H,5H2,(H,17,18)/t8?,9-/m1/s1. The summed E-state index contributed by atoms with van der Waals surface area (Å²) in [6, 6.07) is 0.0234. The molecule has 106 valence electrons. The fourth-order valence-electron chi connectivity index (χ4n) is 1.44. The molecule has 2 N–H and O–H groups in total. The summed E-state index contributed by atoms with van der Waals surface area (Å²) < 4.78 is 51.4. The van der Waals surface area contributed by atoms with Crippen LogP contribution in [0.3, 0.4) is 0 Å². The van der Waals surface area contributed by atoms with Crippen molar-refractivity contribution in [3.63, 3.8) is 0 Å². The third-order valence-electron chi connectivity index (χ3n) is 2.38. The van der Waals surface area contributed by atoms with Crippen molar-refractivity contribution in [2.24, 2.45) is 0 Å². The van der Waals surface area contributed by atoms with Gasteiger partial charge in [-0.2, -0.15) is 25.8 Å². The molecule has 0 spiro atoms. The summed E-state index contributed by atoms with van der Waals surface area (Å²) in [4.78, 5) is 10.7. The third-order valence-corrected chi connectivity index (χ3v) is 2.74. The monoisotopic (exact) mass is 297 g/mol. The van der Waals surface area contributed by atoms with E-state index >= 15 is 0 Å². The number of aliphatic carboxylic acids is 1. The SMILES string of the molecule is O=C(O)C(CS)N[C@H](c1ccc(F)cc1)C(F)(F)F. The molecular weight excluding hydrogens is 286 g/mol. The second-order valence-corrected chi connectivity index (χ2v) is 4.13. The van der Waals surface area contributed by atoms with E-state index in [0.717, 1.165) is 24.3 Å². The molecule has 1 aromatic rings. The van der Waals surface area contributed by atoms with Gasteiger partial charge in [0.15, 0.2) is 0 Å². The van der Waals surface area contributed by atoms with Gasteiger partial charge in [-0.05, 0) is 17.7 Å². The maximum Gasteiger partial charge on any atom is 0.407 e. The minimum Gasteiger partial charge on any atom is -0.480 e. The van der Waals surface area contributed by atoms with Gasteiger partial charge >= 0.3 is 12.1 Å². The van der Waals surface area contributed by atoms with Gasteiger partial charge in [-0.3, -0.25) is 10.1 Å². The van der Waals surface area contributed by atoms with E-state index in [1.165, 1.54) is 0 Å². The number of nitrogens with one attached hydrogen (secondary N) is 1. The second kappa shape index (κ2) is 6.25. The summed E-state index contributed by atoms with van der Waals surface area (Å²) in [5.41, 5.74) is -0.262. The topological polar surface area (TPSA) is 49.3 Å². The Kier molecular flexibility index (Phi) is 5.19. The molecular formula is C11H11F4NO2S. The van der Waals surface area contributed by atoms with Crippen LogP contribution < -0.4 is 5.32 Å². The molecule has 0 fully saturated rings. The third kappa shape index (κ3) is 4.39. The highest BCUT2D eigenvalue weighted by Crippen LogP contribution is 2.33. The Morgan fingerprint density at radius 1 is 1.32 bits per heavy atom. The summed E-state index contributed by atoms with van der Waals surface area (Å²) >= 11 is 3.68. The van der Waals surface area contributed by atoms with E-state index in [2.05, 4.69) is 12.6 Å². The molecule has 2 atom stereocenters. The predicted molar refractivity (Wildman–Crippen MR) is 63.6 cm³/mol. The molecule has 0 saturated heterocycles. The predicted octanol–water partition coefficient (Wildman–Crippen LogP) is 2.40. The van der Waals surface area contributed by atoms with Crippen molar-refractivity contribution in [1.29, 1.82) is 0 Å². The molecule has 8 heteroatoms. The van der Waals surface area contributed by atoms with Gasteiger partial charge in [0.05, 0.1) is 0 Å². The fourth-order valence-corrected chi connectivity index (χ4v) is 1.70. The van der Waals surface area contributed by atoms with Crippen LogP contribution in [0.2, 0.25) is 0 Å². The van der Waals surface area contributed by atoms with Crippen LogP contribution in [0.25, 0.3) is 0 Å². The Hall–Kier alpha value is -1.28. The summed E-state index contributed by atoms with van der Waals surface area (Å²) in [7, 11) is 0. The molecule has 0 aliphatic carbocycles. The fraction of sp³-hybridized carbons (Fsp3) is 0.364. The first-order valence-corrected chi connectivity index (χ1v) is 5.81. The molecule has 0 amide bonds. The van der Waals surface area contributed by atoms with Gasteiger partial charge in [-0.15, -0.1) is 0 Å². The van der Waals surface area contributed by atoms with Crippen LogP contribution in [0.5, 0.6) is 0 Å². The molecule has 1 aromatic carbocycles. The van der Waals surface area contributed by atoms with Crippen LogP contribution in [0.4, 0.5) is 17.6 Å². The molecule has 0 aliphatic heterocycles. The van der Waals surface area contributed by atoms with E-state index in [1.54, 1.807) is 0 Å². The van der Waals surface area contributed by atoms with Gasteiger partial charge in [0.2, 0.25) is 0 Å². The van der Waals surface area contributed by atoms with Crippen LogP contribution >= 0.6 is 12.6 Å². The molecule has 3 nitrogen and oxygen atoms in total. The van der Waals surface area contributed by atoms with E-state index in [0.29, 0.717) is 0 Å². The van der Waals surface area contributed by atoms with Gasteiger partial charge in [0, 0.05) is 5.75 Å². The molecule has 0 heterocycles. The minimum absolute atomic E-state index is 0.262. The molecule has 1 rings (SSSR count). The number of carbonyl (C=O) groups is 1. The lowest BCUT2D eigenvalue weighted by Crippen LogP contribution is -2.45. The number of rotatable bonds is 5. The highest BCUT2D eigenvalue weighted by Gasteiger charge is 2.42. The number of benzene rings is 1. The van der Waals surface area contributed by atoms with Crippen LogP contribution in [-0.2, 0) is 4.79 Å². The van der Waals surface area contributed by atoms with E-state index in [9.17, 15) is 22.4 Å². The van der Waals surface area contributed by atoms with Gasteiger partial charge in [0.1, 0.15) is 17.9 Å². The zero-order valence-electron chi connectivity index (χ0n) is 9.49.